The fourth-order valence-corrected chi connectivity index (χ4v) is 3.22. The van der Waals surface area contributed by atoms with Crippen LogP contribution in [0.25, 0.3) is 22.0 Å². The van der Waals surface area contributed by atoms with Crippen LogP contribution in [0.4, 0.5) is 0 Å². The monoisotopic (exact) mass is 407 g/mol. The minimum atomic E-state index is -0.365. The first-order valence-electron chi connectivity index (χ1n) is 8.69. The van der Waals surface area contributed by atoms with Gasteiger partial charge in [-0.25, -0.2) is 0 Å². The molecule has 4 rings (SSSR count). The first kappa shape index (κ1) is 18.5. The molecule has 0 bridgehead atoms. The summed E-state index contributed by atoms with van der Waals surface area (Å²) in [6.45, 7) is 0. The summed E-state index contributed by atoms with van der Waals surface area (Å²) in [5.74, 6) is 0.0788. The summed E-state index contributed by atoms with van der Waals surface area (Å²) in [7, 11) is 0. The normalized spacial score (nSPS) is 10.8. The number of rotatable bonds is 4. The molecular weight excluding hydrogens is 393 g/mol. The Morgan fingerprint density at radius 1 is 0.857 bits per heavy atom. The van der Waals surface area contributed by atoms with Crippen molar-refractivity contribution in [2.24, 2.45) is 0 Å². The van der Waals surface area contributed by atoms with Gasteiger partial charge in [0.15, 0.2) is 5.75 Å². The van der Waals surface area contributed by atoms with Crippen molar-refractivity contribution >= 4 is 39.9 Å². The number of nitrogens with zero attached hydrogens (tertiary/aromatic N) is 1. The van der Waals surface area contributed by atoms with Crippen LogP contribution in [0.3, 0.4) is 0 Å². The van der Waals surface area contributed by atoms with Gasteiger partial charge in [0.25, 0.3) is 0 Å². The van der Waals surface area contributed by atoms with Crippen LogP contribution in [0.1, 0.15) is 5.56 Å². The third-order valence-electron chi connectivity index (χ3n) is 4.35. The highest BCUT2D eigenvalue weighted by Gasteiger charge is 2.16. The highest BCUT2D eigenvalue weighted by molar-refractivity contribution is 6.30. The highest BCUT2D eigenvalue weighted by atomic mass is 35.5. The van der Waals surface area contributed by atoms with Crippen LogP contribution in [0, 0.1) is 0 Å². The molecule has 3 aromatic carbocycles. The van der Waals surface area contributed by atoms with Gasteiger partial charge >= 0.3 is 5.97 Å². The number of carbonyl (C=O) groups excluding carboxylic acids is 1. The van der Waals surface area contributed by atoms with Gasteiger partial charge < -0.3 is 4.74 Å². The SMILES string of the molecule is O=C(Cc1ccc(Cl)cc1)Oc1c(-c2ccc(Cl)cc2)ncc2ccccc12. The van der Waals surface area contributed by atoms with Crippen molar-refractivity contribution in [2.45, 2.75) is 6.42 Å². The summed E-state index contributed by atoms with van der Waals surface area (Å²) in [6, 6.07) is 22.1. The van der Waals surface area contributed by atoms with E-state index in [0.29, 0.717) is 21.5 Å². The highest BCUT2D eigenvalue weighted by Crippen LogP contribution is 2.35. The quantitative estimate of drug-likeness (QED) is 0.369. The maximum absolute atomic E-state index is 12.6. The van der Waals surface area contributed by atoms with E-state index in [2.05, 4.69) is 4.98 Å². The maximum Gasteiger partial charge on any atom is 0.315 e. The number of hydrogen-bond acceptors (Lipinski definition) is 3. The number of hydrogen-bond donors (Lipinski definition) is 0. The molecule has 1 aromatic heterocycles. The lowest BCUT2D eigenvalue weighted by atomic mass is 10.1. The van der Waals surface area contributed by atoms with Crippen LogP contribution < -0.4 is 4.74 Å². The molecular formula is C23H15Cl2NO2. The van der Waals surface area contributed by atoms with Crippen LogP contribution >= 0.6 is 23.2 Å². The van der Waals surface area contributed by atoms with E-state index >= 15 is 0 Å². The molecule has 138 valence electrons. The summed E-state index contributed by atoms with van der Waals surface area (Å²) in [5.41, 5.74) is 2.25. The first-order valence-corrected chi connectivity index (χ1v) is 9.44. The lowest BCUT2D eigenvalue weighted by Crippen LogP contribution is -2.12. The number of fused-ring (bicyclic) bond motifs is 1. The Labute approximate surface area is 172 Å². The van der Waals surface area contributed by atoms with Crippen molar-refractivity contribution < 1.29 is 9.53 Å². The Morgan fingerprint density at radius 3 is 2.21 bits per heavy atom. The van der Waals surface area contributed by atoms with Crippen LogP contribution in [0.2, 0.25) is 10.0 Å². The second kappa shape index (κ2) is 8.01. The van der Waals surface area contributed by atoms with E-state index in [1.807, 2.05) is 48.5 Å². The van der Waals surface area contributed by atoms with Crippen molar-refractivity contribution in [1.29, 1.82) is 0 Å². The van der Waals surface area contributed by atoms with Gasteiger partial charge in [0, 0.05) is 32.6 Å². The topological polar surface area (TPSA) is 39.2 Å². The van der Waals surface area contributed by atoms with Gasteiger partial charge in [0.2, 0.25) is 0 Å². The average molecular weight is 408 g/mol. The van der Waals surface area contributed by atoms with Gasteiger partial charge in [-0.3, -0.25) is 9.78 Å². The number of benzene rings is 3. The third-order valence-corrected chi connectivity index (χ3v) is 4.85. The van der Waals surface area contributed by atoms with Crippen molar-refractivity contribution in [1.82, 2.24) is 4.98 Å². The second-order valence-corrected chi connectivity index (χ2v) is 7.18. The molecule has 0 fully saturated rings. The van der Waals surface area contributed by atoms with Crippen molar-refractivity contribution in [3.05, 3.63) is 94.6 Å². The summed E-state index contributed by atoms with van der Waals surface area (Å²) < 4.78 is 5.81. The minimum Gasteiger partial charge on any atom is -0.423 e. The number of aromatic nitrogens is 1. The Hall–Kier alpha value is -2.88. The van der Waals surface area contributed by atoms with Crippen molar-refractivity contribution in [3.8, 4) is 17.0 Å². The van der Waals surface area contributed by atoms with E-state index in [4.69, 9.17) is 27.9 Å². The lowest BCUT2D eigenvalue weighted by molar-refractivity contribution is -0.133. The second-order valence-electron chi connectivity index (χ2n) is 6.31. The fourth-order valence-electron chi connectivity index (χ4n) is 2.97. The molecule has 28 heavy (non-hydrogen) atoms. The predicted octanol–water partition coefficient (Wildman–Crippen LogP) is 6.36. The Bertz CT molecular complexity index is 1140. The molecule has 0 radical (unpaired) electrons. The van der Waals surface area contributed by atoms with Gasteiger partial charge in [-0.05, 0) is 29.8 Å². The first-order chi connectivity index (χ1) is 13.6. The summed E-state index contributed by atoms with van der Waals surface area (Å²) in [6.07, 6.45) is 1.91. The van der Waals surface area contributed by atoms with E-state index in [0.717, 1.165) is 21.9 Å². The van der Waals surface area contributed by atoms with Crippen LogP contribution in [0.15, 0.2) is 79.0 Å². The van der Waals surface area contributed by atoms with Gasteiger partial charge in [0.1, 0.15) is 5.69 Å². The third kappa shape index (κ3) is 4.01. The van der Waals surface area contributed by atoms with E-state index in [-0.39, 0.29) is 12.4 Å². The lowest BCUT2D eigenvalue weighted by Gasteiger charge is -2.13. The van der Waals surface area contributed by atoms with Crippen LogP contribution in [-0.2, 0) is 11.2 Å². The molecule has 0 aliphatic carbocycles. The molecule has 3 nitrogen and oxygen atoms in total. The van der Waals surface area contributed by atoms with E-state index in [1.54, 1.807) is 30.5 Å². The molecule has 4 aromatic rings. The van der Waals surface area contributed by atoms with Gasteiger partial charge in [-0.1, -0.05) is 71.7 Å². The zero-order valence-electron chi connectivity index (χ0n) is 14.7. The number of pyridine rings is 1. The molecule has 0 aliphatic rings. The molecule has 5 heteroatoms. The van der Waals surface area contributed by atoms with Gasteiger partial charge in [0.05, 0.1) is 6.42 Å². The van der Waals surface area contributed by atoms with Crippen LogP contribution in [0.5, 0.6) is 5.75 Å². The maximum atomic E-state index is 12.6. The van der Waals surface area contributed by atoms with E-state index < -0.39 is 0 Å². The largest absolute Gasteiger partial charge is 0.423 e. The molecule has 0 unspecified atom stereocenters. The Morgan fingerprint density at radius 2 is 1.50 bits per heavy atom. The number of esters is 1. The molecule has 0 aliphatic heterocycles. The summed E-state index contributed by atoms with van der Waals surface area (Å²) in [5, 5.41) is 2.98. The number of ether oxygens (including phenoxy) is 1. The standard InChI is InChI=1S/C23H15Cl2NO2/c24-18-9-5-15(6-10-18)13-21(27)28-23-20-4-2-1-3-17(20)14-26-22(23)16-7-11-19(25)12-8-16/h1-12,14H,13H2. The number of halogens is 2. The van der Waals surface area contributed by atoms with Crippen molar-refractivity contribution in [2.75, 3.05) is 0 Å². The molecule has 0 saturated carbocycles. The minimum absolute atomic E-state index is 0.139. The molecule has 0 amide bonds. The molecule has 0 atom stereocenters. The summed E-state index contributed by atoms with van der Waals surface area (Å²) in [4.78, 5) is 17.2. The van der Waals surface area contributed by atoms with Gasteiger partial charge in [-0.15, -0.1) is 0 Å². The summed E-state index contributed by atoms with van der Waals surface area (Å²) >= 11 is 11.9. The molecule has 1 heterocycles. The van der Waals surface area contributed by atoms with E-state index in [9.17, 15) is 4.79 Å². The molecule has 0 N–H and O–H groups in total. The fraction of sp³-hybridized carbons (Fsp3) is 0.0435. The van der Waals surface area contributed by atoms with Crippen molar-refractivity contribution in [3.63, 3.8) is 0 Å². The van der Waals surface area contributed by atoms with Crippen LogP contribution in [-0.4, -0.2) is 11.0 Å². The molecule has 0 saturated heterocycles. The zero-order chi connectivity index (χ0) is 19.5. The Balaban J connectivity index is 1.73. The number of carbonyl (C=O) groups is 1. The molecule has 0 spiro atoms. The van der Waals surface area contributed by atoms with Gasteiger partial charge in [-0.2, -0.15) is 0 Å². The Kier molecular flexibility index (Phi) is 5.29. The van der Waals surface area contributed by atoms with E-state index in [1.165, 1.54) is 0 Å². The average Bonchev–Trinajstić information content (AvgIpc) is 2.71. The zero-order valence-corrected chi connectivity index (χ0v) is 16.2. The predicted molar refractivity (Wildman–Crippen MR) is 113 cm³/mol. The smallest absolute Gasteiger partial charge is 0.315 e.